The average Bonchev–Trinajstić information content (AvgIpc) is 2.64. The highest BCUT2D eigenvalue weighted by Gasteiger charge is 2.56. The van der Waals surface area contributed by atoms with Crippen LogP contribution >= 0.6 is 0 Å². The van der Waals surface area contributed by atoms with Gasteiger partial charge >= 0.3 is 29.7 Å². The van der Waals surface area contributed by atoms with E-state index in [1.165, 1.54) is 20.8 Å². The van der Waals surface area contributed by atoms with Crippen LogP contribution in [0.2, 0.25) is 0 Å². The molecule has 1 rings (SSSR count). The summed E-state index contributed by atoms with van der Waals surface area (Å²) in [7, 11) is 1.13. The van der Waals surface area contributed by atoms with E-state index in [1.807, 2.05) is 0 Å². The fourth-order valence-corrected chi connectivity index (χ4v) is 3.65. The Kier molecular flexibility index (Phi) is 9.41. The molecule has 1 aliphatic heterocycles. The summed E-state index contributed by atoms with van der Waals surface area (Å²) in [5.41, 5.74) is 0. The van der Waals surface area contributed by atoms with Crippen molar-refractivity contribution in [3.8, 4) is 0 Å². The predicted octanol–water partition coefficient (Wildman–Crippen LogP) is 0.479. The smallest absolute Gasteiger partial charge is 0.379 e. The molecular weight excluding hydrogens is 414 g/mol. The summed E-state index contributed by atoms with van der Waals surface area (Å²) in [5.74, 6) is -6.38. The quantitative estimate of drug-likeness (QED) is 0.414. The van der Waals surface area contributed by atoms with Gasteiger partial charge in [-0.15, -0.1) is 0 Å². The molecule has 1 aliphatic rings. The monoisotopic (exact) mass is 445 g/mol. The molecule has 1 N–H and O–H groups in total. The molecule has 1 saturated heterocycles. The van der Waals surface area contributed by atoms with Crippen LogP contribution in [0.3, 0.4) is 0 Å². The van der Waals surface area contributed by atoms with Crippen LogP contribution in [0.25, 0.3) is 0 Å². The fourth-order valence-electron chi connectivity index (χ4n) is 3.65. The van der Waals surface area contributed by atoms with E-state index in [2.05, 4.69) is 5.32 Å². The number of esters is 4. The van der Waals surface area contributed by atoms with Crippen LogP contribution in [0, 0.1) is 11.8 Å². The van der Waals surface area contributed by atoms with Gasteiger partial charge in [-0.25, -0.2) is 4.79 Å². The highest BCUT2D eigenvalue weighted by molar-refractivity contribution is 5.81. The lowest BCUT2D eigenvalue weighted by Gasteiger charge is -2.48. The van der Waals surface area contributed by atoms with Crippen LogP contribution in [0.15, 0.2) is 0 Å². The maximum atomic E-state index is 12.6. The summed E-state index contributed by atoms with van der Waals surface area (Å²) < 4.78 is 26.4. The Labute approximate surface area is 181 Å². The van der Waals surface area contributed by atoms with Crippen LogP contribution in [-0.2, 0) is 47.7 Å². The lowest BCUT2D eigenvalue weighted by molar-refractivity contribution is -0.289. The normalized spacial score (nSPS) is 27.3. The van der Waals surface area contributed by atoms with Gasteiger partial charge in [-0.1, -0.05) is 13.8 Å². The van der Waals surface area contributed by atoms with Gasteiger partial charge in [0.15, 0.2) is 0 Å². The molecule has 1 fully saturated rings. The maximum Gasteiger partial charge on any atom is 0.379 e. The molecule has 1 amide bonds. The Morgan fingerprint density at radius 3 is 2.13 bits per heavy atom. The number of nitrogens with one attached hydrogen (secondary N) is 1. The zero-order valence-electron chi connectivity index (χ0n) is 18.9. The molecule has 0 saturated carbocycles. The maximum absolute atomic E-state index is 12.6. The Bertz CT molecular complexity index is 708. The minimum Gasteiger partial charge on any atom is -0.464 e. The second kappa shape index (κ2) is 11.1. The fraction of sp³-hybridized carbons (Fsp3) is 0.750. The molecular formula is C20H31NO10. The Morgan fingerprint density at radius 1 is 1.06 bits per heavy atom. The molecule has 0 aliphatic carbocycles. The molecule has 6 atom stereocenters. The lowest BCUT2D eigenvalue weighted by Crippen LogP contribution is -2.64. The third kappa shape index (κ3) is 7.20. The van der Waals surface area contributed by atoms with Crippen LogP contribution in [0.5, 0.6) is 0 Å². The molecule has 1 heterocycles. The topological polar surface area (TPSA) is 144 Å². The Hall–Kier alpha value is -2.69. The van der Waals surface area contributed by atoms with Crippen molar-refractivity contribution in [2.24, 2.45) is 11.8 Å². The summed E-state index contributed by atoms with van der Waals surface area (Å²) in [6.07, 6.45) is -2.00. The van der Waals surface area contributed by atoms with Crippen LogP contribution in [-0.4, -0.2) is 67.5 Å². The molecule has 176 valence electrons. The van der Waals surface area contributed by atoms with Gasteiger partial charge in [-0.05, 0) is 5.92 Å². The largest absolute Gasteiger partial charge is 0.464 e. The van der Waals surface area contributed by atoms with Gasteiger partial charge in [-0.3, -0.25) is 19.2 Å². The number of carbonyl (C=O) groups is 5. The molecule has 0 unspecified atom stereocenters. The van der Waals surface area contributed by atoms with Crippen molar-refractivity contribution in [3.63, 3.8) is 0 Å². The standard InChI is InChI=1S/C20H31NO10/c1-10-8-20(19(26)27-7,30-15(6)25)31-18(17(10)21-12(3)22)11(2)16(29-14(5)24)9-28-13(4)23/h10-11,16-18H,8-9H2,1-7H3,(H,21,22)/t10-,11+,16+,17+,18-,20-/m0/s1. The lowest BCUT2D eigenvalue weighted by atomic mass is 9.80. The number of hydrogen-bond donors (Lipinski definition) is 1. The highest BCUT2D eigenvalue weighted by Crippen LogP contribution is 2.39. The first-order chi connectivity index (χ1) is 14.3. The summed E-state index contributed by atoms with van der Waals surface area (Å²) in [5, 5.41) is 2.78. The van der Waals surface area contributed by atoms with E-state index in [0.717, 1.165) is 14.0 Å². The van der Waals surface area contributed by atoms with Gasteiger partial charge in [0, 0.05) is 40.0 Å². The van der Waals surface area contributed by atoms with Crippen LogP contribution in [0.1, 0.15) is 48.0 Å². The first kappa shape index (κ1) is 26.3. The summed E-state index contributed by atoms with van der Waals surface area (Å²) in [6.45, 7) is 7.97. The zero-order chi connectivity index (χ0) is 23.9. The second-order valence-corrected chi connectivity index (χ2v) is 7.64. The zero-order valence-corrected chi connectivity index (χ0v) is 18.9. The molecule has 0 aromatic heterocycles. The van der Waals surface area contributed by atoms with Gasteiger partial charge in [0.2, 0.25) is 5.91 Å². The van der Waals surface area contributed by atoms with E-state index < -0.39 is 59.7 Å². The third-order valence-corrected chi connectivity index (χ3v) is 4.93. The first-order valence-corrected chi connectivity index (χ1v) is 9.86. The Balaban J connectivity index is 3.39. The summed E-state index contributed by atoms with van der Waals surface area (Å²) >= 11 is 0. The predicted molar refractivity (Wildman–Crippen MR) is 104 cm³/mol. The van der Waals surface area contributed by atoms with Gasteiger partial charge in [-0.2, -0.15) is 0 Å². The van der Waals surface area contributed by atoms with E-state index in [-0.39, 0.29) is 18.9 Å². The van der Waals surface area contributed by atoms with E-state index in [1.54, 1.807) is 13.8 Å². The minimum absolute atomic E-state index is 0.0738. The molecule has 0 radical (unpaired) electrons. The molecule has 0 bridgehead atoms. The number of carbonyl (C=O) groups excluding carboxylic acids is 5. The van der Waals surface area contributed by atoms with E-state index >= 15 is 0 Å². The van der Waals surface area contributed by atoms with Gasteiger partial charge in [0.25, 0.3) is 0 Å². The van der Waals surface area contributed by atoms with E-state index in [4.69, 9.17) is 23.7 Å². The molecule has 0 aromatic carbocycles. The molecule has 0 spiro atoms. The molecule has 11 heteroatoms. The number of methoxy groups -OCH3 is 1. The minimum atomic E-state index is -2.05. The first-order valence-electron chi connectivity index (χ1n) is 9.86. The molecule has 31 heavy (non-hydrogen) atoms. The molecule has 11 nitrogen and oxygen atoms in total. The third-order valence-electron chi connectivity index (χ3n) is 4.93. The number of hydrogen-bond acceptors (Lipinski definition) is 10. The van der Waals surface area contributed by atoms with Crippen LogP contribution < -0.4 is 5.32 Å². The van der Waals surface area contributed by atoms with Crippen molar-refractivity contribution in [2.45, 2.75) is 72.0 Å². The van der Waals surface area contributed by atoms with Gasteiger partial charge in [0.05, 0.1) is 19.3 Å². The molecule has 0 aromatic rings. The average molecular weight is 445 g/mol. The van der Waals surface area contributed by atoms with E-state index in [0.29, 0.717) is 0 Å². The highest BCUT2D eigenvalue weighted by atomic mass is 16.7. The number of amides is 1. The second-order valence-electron chi connectivity index (χ2n) is 7.64. The van der Waals surface area contributed by atoms with Crippen LogP contribution in [0.4, 0.5) is 0 Å². The Morgan fingerprint density at radius 2 is 1.68 bits per heavy atom. The van der Waals surface area contributed by atoms with Crippen molar-refractivity contribution >= 4 is 29.8 Å². The van der Waals surface area contributed by atoms with Gasteiger partial charge < -0.3 is 29.0 Å². The number of ether oxygens (including phenoxy) is 5. The summed E-state index contributed by atoms with van der Waals surface area (Å²) in [4.78, 5) is 59.0. The van der Waals surface area contributed by atoms with E-state index in [9.17, 15) is 24.0 Å². The van der Waals surface area contributed by atoms with Crippen molar-refractivity contribution in [1.29, 1.82) is 0 Å². The van der Waals surface area contributed by atoms with Crippen molar-refractivity contribution in [2.75, 3.05) is 13.7 Å². The van der Waals surface area contributed by atoms with Crippen molar-refractivity contribution in [3.05, 3.63) is 0 Å². The summed E-state index contributed by atoms with van der Waals surface area (Å²) in [6, 6.07) is -0.628. The van der Waals surface area contributed by atoms with Crippen molar-refractivity contribution in [1.82, 2.24) is 5.32 Å². The number of rotatable bonds is 8. The van der Waals surface area contributed by atoms with Gasteiger partial charge in [0.1, 0.15) is 12.7 Å². The SMILES string of the molecule is COC(=O)[C@]1(OC(C)=O)C[C@H](C)[C@@H](NC(C)=O)[C@H]([C@H](C)[C@@H](COC(C)=O)OC(C)=O)O1. The van der Waals surface area contributed by atoms with Crippen molar-refractivity contribution < 1.29 is 47.7 Å².